The average Bonchev–Trinajstić information content (AvgIpc) is 2.60. The molecule has 0 saturated heterocycles. The number of carbonyl (C=O) groups excluding carboxylic acids is 1. The van der Waals surface area contributed by atoms with E-state index in [1.807, 2.05) is 20.9 Å². The molecule has 1 aromatic rings. The molecule has 0 aliphatic rings. The third-order valence-electron chi connectivity index (χ3n) is 2.47. The van der Waals surface area contributed by atoms with Gasteiger partial charge in [0, 0.05) is 12.5 Å². The molecule has 1 heterocycles. The highest BCUT2D eigenvalue weighted by atomic mass is 35.5. The second-order valence-electron chi connectivity index (χ2n) is 3.86. The van der Waals surface area contributed by atoms with Crippen LogP contribution in [0, 0.1) is 12.8 Å². The van der Waals surface area contributed by atoms with E-state index in [4.69, 9.17) is 4.52 Å². The number of carbonyl (C=O) groups is 1. The Labute approximate surface area is 108 Å². The molecule has 0 fully saturated rings. The summed E-state index contributed by atoms with van der Waals surface area (Å²) in [6, 6.07) is 0. The van der Waals surface area contributed by atoms with Crippen molar-refractivity contribution in [3.8, 4) is 0 Å². The lowest BCUT2D eigenvalue weighted by atomic mass is 10.1. The van der Waals surface area contributed by atoms with Gasteiger partial charge < -0.3 is 15.2 Å². The summed E-state index contributed by atoms with van der Waals surface area (Å²) in [6.45, 7) is 6.30. The number of amides is 1. The van der Waals surface area contributed by atoms with E-state index in [1.165, 1.54) is 0 Å². The van der Waals surface area contributed by atoms with Crippen LogP contribution in [0.15, 0.2) is 4.52 Å². The standard InChI is InChI=1S/C11H19N3O2.ClH/c1-5-9-10(8(3)16-14-9)13-11(15)7(2)6-12-4;/h7,12H,5-6H2,1-4H3,(H,13,15);1H. The van der Waals surface area contributed by atoms with Crippen molar-refractivity contribution in [2.45, 2.75) is 27.2 Å². The maximum absolute atomic E-state index is 11.8. The molecule has 0 spiro atoms. The summed E-state index contributed by atoms with van der Waals surface area (Å²) in [5.41, 5.74) is 1.51. The molecule has 0 aliphatic heterocycles. The third-order valence-corrected chi connectivity index (χ3v) is 2.47. The Balaban J connectivity index is 0.00000256. The number of hydrogen-bond acceptors (Lipinski definition) is 4. The van der Waals surface area contributed by atoms with Crippen molar-refractivity contribution >= 4 is 24.0 Å². The summed E-state index contributed by atoms with van der Waals surface area (Å²) in [6.07, 6.45) is 0.743. The van der Waals surface area contributed by atoms with Crippen molar-refractivity contribution in [2.24, 2.45) is 5.92 Å². The molecule has 0 aromatic carbocycles. The molecule has 17 heavy (non-hydrogen) atoms. The Kier molecular flexibility index (Phi) is 6.83. The lowest BCUT2D eigenvalue weighted by Gasteiger charge is -2.11. The van der Waals surface area contributed by atoms with Gasteiger partial charge in [-0.25, -0.2) is 0 Å². The highest BCUT2D eigenvalue weighted by molar-refractivity contribution is 5.93. The molecule has 2 N–H and O–H groups in total. The van der Waals surface area contributed by atoms with Gasteiger partial charge >= 0.3 is 0 Å². The molecule has 0 radical (unpaired) electrons. The first kappa shape index (κ1) is 15.9. The number of nitrogens with one attached hydrogen (secondary N) is 2. The molecule has 1 atom stereocenters. The van der Waals surface area contributed by atoms with Crippen LogP contribution in [0.1, 0.15) is 25.3 Å². The van der Waals surface area contributed by atoms with Crippen LogP contribution in [0.5, 0.6) is 0 Å². The van der Waals surface area contributed by atoms with E-state index in [9.17, 15) is 4.79 Å². The Morgan fingerprint density at radius 1 is 1.53 bits per heavy atom. The highest BCUT2D eigenvalue weighted by Gasteiger charge is 2.17. The van der Waals surface area contributed by atoms with Crippen LogP contribution in [-0.2, 0) is 11.2 Å². The molecule has 1 aromatic heterocycles. The predicted octanol–water partition coefficient (Wildman–Crippen LogP) is 1.76. The number of halogens is 1. The van der Waals surface area contributed by atoms with E-state index in [-0.39, 0.29) is 24.2 Å². The van der Waals surface area contributed by atoms with E-state index >= 15 is 0 Å². The fourth-order valence-corrected chi connectivity index (χ4v) is 1.46. The third kappa shape index (κ3) is 4.02. The number of hydrogen-bond donors (Lipinski definition) is 2. The SMILES string of the molecule is CCc1noc(C)c1NC(=O)C(C)CNC.Cl. The lowest BCUT2D eigenvalue weighted by molar-refractivity contribution is -0.119. The van der Waals surface area contributed by atoms with Gasteiger partial charge in [-0.05, 0) is 20.4 Å². The van der Waals surface area contributed by atoms with Gasteiger partial charge in [-0.15, -0.1) is 12.4 Å². The zero-order valence-electron chi connectivity index (χ0n) is 10.7. The smallest absolute Gasteiger partial charge is 0.228 e. The van der Waals surface area contributed by atoms with Crippen molar-refractivity contribution < 1.29 is 9.32 Å². The molecular weight excluding hydrogens is 242 g/mol. The summed E-state index contributed by atoms with van der Waals surface area (Å²) in [7, 11) is 1.83. The van der Waals surface area contributed by atoms with Gasteiger partial charge in [0.05, 0.1) is 0 Å². The fourth-order valence-electron chi connectivity index (χ4n) is 1.46. The topological polar surface area (TPSA) is 67.2 Å². The summed E-state index contributed by atoms with van der Waals surface area (Å²) in [5.74, 6) is 0.557. The van der Waals surface area contributed by atoms with E-state index in [0.29, 0.717) is 12.3 Å². The normalized spacial score (nSPS) is 11.8. The van der Waals surface area contributed by atoms with Gasteiger partial charge in [-0.2, -0.15) is 0 Å². The van der Waals surface area contributed by atoms with E-state index in [2.05, 4.69) is 15.8 Å². The Hall–Kier alpha value is -1.07. The minimum absolute atomic E-state index is 0. The number of nitrogens with zero attached hydrogens (tertiary/aromatic N) is 1. The maximum Gasteiger partial charge on any atom is 0.228 e. The number of anilines is 1. The molecule has 98 valence electrons. The van der Waals surface area contributed by atoms with Crippen LogP contribution in [0.4, 0.5) is 5.69 Å². The van der Waals surface area contributed by atoms with Crippen LogP contribution < -0.4 is 10.6 Å². The molecule has 1 amide bonds. The maximum atomic E-state index is 11.8. The fraction of sp³-hybridized carbons (Fsp3) is 0.636. The van der Waals surface area contributed by atoms with E-state index in [0.717, 1.165) is 17.8 Å². The molecule has 5 nitrogen and oxygen atoms in total. The molecule has 0 bridgehead atoms. The molecular formula is C11H20ClN3O2. The van der Waals surface area contributed by atoms with Gasteiger partial charge in [0.2, 0.25) is 5.91 Å². The van der Waals surface area contributed by atoms with Gasteiger partial charge in [-0.3, -0.25) is 4.79 Å². The second-order valence-corrected chi connectivity index (χ2v) is 3.86. The molecule has 0 saturated carbocycles. The number of aromatic nitrogens is 1. The first-order chi connectivity index (χ1) is 7.60. The summed E-state index contributed by atoms with van der Waals surface area (Å²) in [4.78, 5) is 11.8. The van der Waals surface area contributed by atoms with Crippen LogP contribution in [0.3, 0.4) is 0 Å². The van der Waals surface area contributed by atoms with Crippen LogP contribution in [-0.4, -0.2) is 24.7 Å². The van der Waals surface area contributed by atoms with Gasteiger partial charge in [0.15, 0.2) is 5.76 Å². The summed E-state index contributed by atoms with van der Waals surface area (Å²) < 4.78 is 5.05. The Bertz CT molecular complexity index is 366. The zero-order valence-corrected chi connectivity index (χ0v) is 11.5. The van der Waals surface area contributed by atoms with Crippen molar-refractivity contribution in [3.05, 3.63) is 11.5 Å². The summed E-state index contributed by atoms with van der Waals surface area (Å²) >= 11 is 0. The first-order valence-corrected chi connectivity index (χ1v) is 5.50. The highest BCUT2D eigenvalue weighted by Crippen LogP contribution is 2.20. The number of rotatable bonds is 5. The summed E-state index contributed by atoms with van der Waals surface area (Å²) in [5, 5.41) is 9.72. The minimum atomic E-state index is -0.0796. The second kappa shape index (κ2) is 7.29. The van der Waals surface area contributed by atoms with Gasteiger partial charge in [0.1, 0.15) is 11.4 Å². The van der Waals surface area contributed by atoms with Crippen LogP contribution >= 0.6 is 12.4 Å². The monoisotopic (exact) mass is 261 g/mol. The lowest BCUT2D eigenvalue weighted by Crippen LogP contribution is -2.29. The van der Waals surface area contributed by atoms with Crippen molar-refractivity contribution in [3.63, 3.8) is 0 Å². The number of aryl methyl sites for hydroxylation is 2. The van der Waals surface area contributed by atoms with Gasteiger partial charge in [-0.1, -0.05) is 19.0 Å². The van der Waals surface area contributed by atoms with Crippen molar-refractivity contribution in [2.75, 3.05) is 18.9 Å². The Morgan fingerprint density at radius 2 is 2.18 bits per heavy atom. The predicted molar refractivity (Wildman–Crippen MR) is 69.6 cm³/mol. The Morgan fingerprint density at radius 3 is 2.71 bits per heavy atom. The molecule has 1 unspecified atom stereocenters. The molecule has 1 rings (SSSR count). The van der Waals surface area contributed by atoms with E-state index < -0.39 is 0 Å². The van der Waals surface area contributed by atoms with Crippen molar-refractivity contribution in [1.29, 1.82) is 0 Å². The first-order valence-electron chi connectivity index (χ1n) is 5.50. The van der Waals surface area contributed by atoms with Crippen LogP contribution in [0.25, 0.3) is 0 Å². The van der Waals surface area contributed by atoms with E-state index in [1.54, 1.807) is 6.92 Å². The quantitative estimate of drug-likeness (QED) is 0.848. The van der Waals surface area contributed by atoms with Crippen LogP contribution in [0.2, 0.25) is 0 Å². The average molecular weight is 262 g/mol. The minimum Gasteiger partial charge on any atom is -0.359 e. The zero-order chi connectivity index (χ0) is 12.1. The largest absolute Gasteiger partial charge is 0.359 e. The van der Waals surface area contributed by atoms with Crippen molar-refractivity contribution in [1.82, 2.24) is 10.5 Å². The molecule has 0 aliphatic carbocycles. The van der Waals surface area contributed by atoms with Gasteiger partial charge in [0.25, 0.3) is 0 Å². The molecule has 6 heteroatoms.